The van der Waals surface area contributed by atoms with Gasteiger partial charge >= 0.3 is 39.5 Å². The van der Waals surface area contributed by atoms with Crippen LogP contribution in [0.25, 0.3) is 0 Å². The van der Waals surface area contributed by atoms with Crippen molar-refractivity contribution in [2.75, 3.05) is 39.6 Å². The Hall–Kier alpha value is -1.94. The number of aliphatic hydroxyl groups excluding tert-OH is 1. The molecule has 19 heteroatoms. The van der Waals surface area contributed by atoms with Gasteiger partial charge in [-0.05, 0) is 37.5 Å². The Kier molecular flexibility index (Phi) is 56.2. The molecule has 5 atom stereocenters. The van der Waals surface area contributed by atoms with Crippen molar-refractivity contribution in [2.24, 2.45) is 11.8 Å². The van der Waals surface area contributed by atoms with Gasteiger partial charge in [0.25, 0.3) is 0 Å². The van der Waals surface area contributed by atoms with E-state index >= 15 is 0 Å². The predicted octanol–water partition coefficient (Wildman–Crippen LogP) is 18.0. The van der Waals surface area contributed by atoms with Crippen LogP contribution in [0.2, 0.25) is 0 Å². The normalized spacial score (nSPS) is 14.3. The number of unbranched alkanes of at least 4 members (excludes halogenated alkanes) is 34. The molecule has 0 aliphatic carbocycles. The molecule has 0 aromatic rings. The summed E-state index contributed by atoms with van der Waals surface area (Å²) in [4.78, 5) is 72.1. The molecule has 0 bridgehead atoms. The minimum Gasteiger partial charge on any atom is -0.462 e. The average Bonchev–Trinajstić information content (AvgIpc) is 3.59. The molecule has 0 saturated heterocycles. The van der Waals surface area contributed by atoms with E-state index in [1.165, 1.54) is 122 Å². The number of ether oxygens (including phenoxy) is 4. The van der Waals surface area contributed by atoms with E-state index in [0.717, 1.165) is 109 Å². The van der Waals surface area contributed by atoms with Gasteiger partial charge in [0.05, 0.1) is 26.4 Å². The fraction of sp³-hybridized carbons (Fsp3) is 0.938. The van der Waals surface area contributed by atoms with Gasteiger partial charge in [0.15, 0.2) is 12.2 Å². The van der Waals surface area contributed by atoms with Crippen molar-refractivity contribution < 1.29 is 80.2 Å². The van der Waals surface area contributed by atoms with E-state index in [2.05, 4.69) is 41.5 Å². The molecule has 0 aromatic carbocycles. The Morgan fingerprint density at radius 1 is 0.321 bits per heavy atom. The van der Waals surface area contributed by atoms with Gasteiger partial charge in [-0.1, -0.05) is 273 Å². The van der Waals surface area contributed by atoms with E-state index in [-0.39, 0.29) is 25.7 Å². The van der Waals surface area contributed by atoms with Crippen LogP contribution in [0.3, 0.4) is 0 Å². The van der Waals surface area contributed by atoms with Crippen molar-refractivity contribution in [2.45, 2.75) is 342 Å². The summed E-state index contributed by atoms with van der Waals surface area (Å²) in [6.07, 6.45) is 40.7. The molecule has 84 heavy (non-hydrogen) atoms. The molecule has 0 aliphatic rings. The molecule has 0 radical (unpaired) electrons. The molecule has 498 valence electrons. The SMILES string of the molecule is CCCCCCCCCCCCCCCCCCCC(=O)O[C@H](COC(=O)CCCCCCCCCC(C)C)COP(=O)(O)OC[C@@H](O)COP(=O)(O)OC[C@@H](COC(=O)CCCCCCCCC)OC(=O)CCCCCCCCCC(C)C. The summed E-state index contributed by atoms with van der Waals surface area (Å²) in [5.74, 6) is -0.738. The number of hydrogen-bond acceptors (Lipinski definition) is 15. The molecule has 17 nitrogen and oxygen atoms in total. The average molecular weight is 1240 g/mol. The number of phosphoric acid groups is 2. The van der Waals surface area contributed by atoms with Crippen LogP contribution in [0.5, 0.6) is 0 Å². The Bertz CT molecular complexity index is 1650. The Morgan fingerprint density at radius 2 is 0.548 bits per heavy atom. The highest BCUT2D eigenvalue weighted by Crippen LogP contribution is 2.45. The minimum atomic E-state index is -4.94. The summed E-state index contributed by atoms with van der Waals surface area (Å²) in [6, 6.07) is 0. The fourth-order valence-electron chi connectivity index (χ4n) is 9.71. The molecule has 2 unspecified atom stereocenters. The number of rotatable bonds is 64. The summed E-state index contributed by atoms with van der Waals surface area (Å²) < 4.78 is 67.9. The maximum Gasteiger partial charge on any atom is 0.472 e. The second-order valence-corrected chi connectivity index (χ2v) is 27.4. The van der Waals surface area contributed by atoms with Gasteiger partial charge in [-0.15, -0.1) is 0 Å². The lowest BCUT2D eigenvalue weighted by Crippen LogP contribution is -2.30. The van der Waals surface area contributed by atoms with Crippen LogP contribution >= 0.6 is 15.6 Å². The van der Waals surface area contributed by atoms with Crippen molar-refractivity contribution in [3.63, 3.8) is 0 Å². The molecule has 0 saturated carbocycles. The zero-order chi connectivity index (χ0) is 62.2. The first-order chi connectivity index (χ1) is 40.4. The monoisotopic (exact) mass is 1240 g/mol. The molecular weight excluding hydrogens is 1110 g/mol. The summed E-state index contributed by atoms with van der Waals surface area (Å²) in [5.41, 5.74) is 0. The Balaban J connectivity index is 5.18. The first kappa shape index (κ1) is 82.1. The van der Waals surface area contributed by atoms with Gasteiger partial charge in [-0.3, -0.25) is 37.3 Å². The zero-order valence-corrected chi connectivity index (χ0v) is 56.0. The van der Waals surface area contributed by atoms with Gasteiger partial charge in [0, 0.05) is 25.7 Å². The molecule has 0 amide bonds. The van der Waals surface area contributed by atoms with E-state index < -0.39 is 97.5 Å². The van der Waals surface area contributed by atoms with Crippen molar-refractivity contribution in [3.8, 4) is 0 Å². The van der Waals surface area contributed by atoms with Crippen LogP contribution in [-0.2, 0) is 65.4 Å². The number of esters is 4. The van der Waals surface area contributed by atoms with Crippen LogP contribution in [0, 0.1) is 11.8 Å². The van der Waals surface area contributed by atoms with Gasteiger partial charge in [0.2, 0.25) is 0 Å². The molecule has 0 aromatic heterocycles. The summed E-state index contributed by atoms with van der Waals surface area (Å²) in [7, 11) is -9.88. The lowest BCUT2D eigenvalue weighted by Gasteiger charge is -2.21. The van der Waals surface area contributed by atoms with Crippen molar-refractivity contribution in [1.29, 1.82) is 0 Å². The Labute approximate surface area is 511 Å². The lowest BCUT2D eigenvalue weighted by molar-refractivity contribution is -0.161. The molecule has 0 fully saturated rings. The highest BCUT2D eigenvalue weighted by atomic mass is 31.2. The van der Waals surface area contributed by atoms with Crippen molar-refractivity contribution in [1.82, 2.24) is 0 Å². The van der Waals surface area contributed by atoms with E-state index in [0.29, 0.717) is 37.5 Å². The zero-order valence-electron chi connectivity index (χ0n) is 54.2. The number of aliphatic hydroxyl groups is 1. The van der Waals surface area contributed by atoms with Gasteiger partial charge in [-0.2, -0.15) is 0 Å². The number of phosphoric ester groups is 2. The van der Waals surface area contributed by atoms with Crippen molar-refractivity contribution >= 4 is 39.5 Å². The van der Waals surface area contributed by atoms with Crippen LogP contribution in [-0.4, -0.2) is 96.7 Å². The summed E-state index contributed by atoms with van der Waals surface area (Å²) in [5, 5.41) is 10.5. The Morgan fingerprint density at radius 3 is 0.810 bits per heavy atom. The largest absolute Gasteiger partial charge is 0.472 e. The first-order valence-corrected chi connectivity index (χ1v) is 37.0. The van der Waals surface area contributed by atoms with Crippen molar-refractivity contribution in [3.05, 3.63) is 0 Å². The van der Waals surface area contributed by atoms with Gasteiger partial charge in [0.1, 0.15) is 19.3 Å². The third kappa shape index (κ3) is 59.0. The quantitative estimate of drug-likeness (QED) is 0.0222. The number of hydrogen-bond donors (Lipinski definition) is 3. The minimum absolute atomic E-state index is 0.103. The third-order valence-electron chi connectivity index (χ3n) is 15.0. The van der Waals surface area contributed by atoms with E-state index in [9.17, 15) is 43.2 Å². The second kappa shape index (κ2) is 57.5. The van der Waals surface area contributed by atoms with E-state index in [4.69, 9.17) is 37.0 Å². The summed E-state index contributed by atoms with van der Waals surface area (Å²) >= 11 is 0. The fourth-order valence-corrected chi connectivity index (χ4v) is 11.3. The van der Waals surface area contributed by atoms with Gasteiger partial charge in [-0.25, -0.2) is 9.13 Å². The first-order valence-electron chi connectivity index (χ1n) is 34.0. The van der Waals surface area contributed by atoms with E-state index in [1.54, 1.807) is 0 Å². The van der Waals surface area contributed by atoms with Crippen LogP contribution < -0.4 is 0 Å². The maximum absolute atomic E-state index is 13.0. The highest BCUT2D eigenvalue weighted by molar-refractivity contribution is 7.47. The number of carbonyl (C=O) groups excluding carboxylic acids is 4. The topological polar surface area (TPSA) is 237 Å². The second-order valence-electron chi connectivity index (χ2n) is 24.5. The van der Waals surface area contributed by atoms with Gasteiger partial charge < -0.3 is 33.8 Å². The third-order valence-corrected chi connectivity index (χ3v) is 16.9. The molecule has 0 heterocycles. The summed E-state index contributed by atoms with van der Waals surface area (Å²) in [6.45, 7) is 9.35. The highest BCUT2D eigenvalue weighted by Gasteiger charge is 2.30. The molecule has 0 aliphatic heterocycles. The standard InChI is InChI=1S/C65H126O17P2/c1-7-9-11-13-15-16-17-18-19-20-21-22-23-24-30-37-43-49-64(69)81-61(54-76-63(68)48-42-36-31-25-28-33-39-45-57(3)4)56-80-84(73,74)78-52-59(66)51-77-83(71,72)79-55-60(53-75-62(67)47-41-35-27-14-12-10-8-2)82-65(70)50-44-38-32-26-29-34-40-46-58(5)6/h57-61,66H,7-56H2,1-6H3,(H,71,72)(H,73,74)/t59-,60+,61+/m0/s1. The molecule has 0 spiro atoms. The molecule has 3 N–H and O–H groups in total. The molecular formula is C65H126O17P2. The predicted molar refractivity (Wildman–Crippen MR) is 335 cm³/mol. The van der Waals surface area contributed by atoms with Crippen LogP contribution in [0.15, 0.2) is 0 Å². The molecule has 0 rings (SSSR count). The van der Waals surface area contributed by atoms with Crippen LogP contribution in [0.4, 0.5) is 0 Å². The maximum atomic E-state index is 13.0. The van der Waals surface area contributed by atoms with Crippen LogP contribution in [0.1, 0.15) is 324 Å². The lowest BCUT2D eigenvalue weighted by atomic mass is 10.0. The smallest absolute Gasteiger partial charge is 0.462 e. The number of carbonyl (C=O) groups is 4. The van der Waals surface area contributed by atoms with E-state index in [1.807, 2.05) is 0 Å².